The molecular formula is C10H12N2O2. The summed E-state index contributed by atoms with van der Waals surface area (Å²) >= 11 is 0. The van der Waals surface area contributed by atoms with Gasteiger partial charge in [0.25, 0.3) is 0 Å². The highest BCUT2D eigenvalue weighted by Gasteiger charge is 2.10. The second kappa shape index (κ2) is 3.31. The van der Waals surface area contributed by atoms with E-state index in [4.69, 9.17) is 5.11 Å². The average molecular weight is 192 g/mol. The molecule has 0 radical (unpaired) electrons. The number of nitrogens with one attached hydrogen (secondary N) is 1. The Labute approximate surface area is 80.8 Å². The molecule has 0 spiro atoms. The van der Waals surface area contributed by atoms with Gasteiger partial charge in [-0.05, 0) is 19.1 Å². The van der Waals surface area contributed by atoms with Crippen LogP contribution < -0.4 is 5.69 Å². The minimum absolute atomic E-state index is 0.0399. The summed E-state index contributed by atoms with van der Waals surface area (Å²) in [4.78, 5) is 14.3. The summed E-state index contributed by atoms with van der Waals surface area (Å²) in [5.41, 5.74) is 1.46. The van der Waals surface area contributed by atoms with E-state index in [0.29, 0.717) is 0 Å². The highest BCUT2D eigenvalue weighted by molar-refractivity contribution is 5.75. The van der Waals surface area contributed by atoms with Crippen LogP contribution in [0.3, 0.4) is 0 Å². The first-order valence-electron chi connectivity index (χ1n) is 4.54. The molecule has 1 heterocycles. The van der Waals surface area contributed by atoms with Crippen LogP contribution in [0.25, 0.3) is 11.0 Å². The van der Waals surface area contributed by atoms with Crippen LogP contribution in [0.15, 0.2) is 29.1 Å². The molecule has 0 fully saturated rings. The number of aromatic amines is 1. The molecule has 1 aromatic carbocycles. The molecule has 0 aliphatic heterocycles. The first-order chi connectivity index (χ1) is 6.74. The van der Waals surface area contributed by atoms with E-state index in [1.807, 2.05) is 31.2 Å². The van der Waals surface area contributed by atoms with Crippen molar-refractivity contribution in [2.75, 3.05) is 6.61 Å². The molecule has 4 nitrogen and oxygen atoms in total. The third-order valence-corrected chi connectivity index (χ3v) is 2.33. The van der Waals surface area contributed by atoms with E-state index in [1.165, 1.54) is 0 Å². The average Bonchev–Trinajstić information content (AvgIpc) is 2.53. The molecule has 0 amide bonds. The predicted molar refractivity (Wildman–Crippen MR) is 54.4 cm³/mol. The first-order valence-corrected chi connectivity index (χ1v) is 4.54. The van der Waals surface area contributed by atoms with Gasteiger partial charge in [-0.15, -0.1) is 0 Å². The SMILES string of the molecule is CC(CO)n1c(=O)[nH]c2ccccc21. The molecule has 0 saturated heterocycles. The van der Waals surface area contributed by atoms with E-state index >= 15 is 0 Å². The van der Waals surface area contributed by atoms with Gasteiger partial charge in [-0.2, -0.15) is 0 Å². The Hall–Kier alpha value is -1.55. The van der Waals surface area contributed by atoms with Crippen molar-refractivity contribution in [3.63, 3.8) is 0 Å². The second-order valence-electron chi connectivity index (χ2n) is 3.35. The topological polar surface area (TPSA) is 58.0 Å². The van der Waals surface area contributed by atoms with Crippen molar-refractivity contribution in [3.8, 4) is 0 Å². The molecule has 2 rings (SSSR count). The number of hydrogen-bond donors (Lipinski definition) is 2. The molecule has 0 aliphatic carbocycles. The number of rotatable bonds is 2. The Morgan fingerprint density at radius 2 is 2.21 bits per heavy atom. The van der Waals surface area contributed by atoms with Crippen LogP contribution in [0, 0.1) is 0 Å². The van der Waals surface area contributed by atoms with Gasteiger partial charge < -0.3 is 10.1 Å². The number of H-pyrrole nitrogens is 1. The van der Waals surface area contributed by atoms with Gasteiger partial charge in [0.2, 0.25) is 0 Å². The molecular weight excluding hydrogens is 180 g/mol. The lowest BCUT2D eigenvalue weighted by Gasteiger charge is -2.09. The quantitative estimate of drug-likeness (QED) is 0.742. The largest absolute Gasteiger partial charge is 0.394 e. The fourth-order valence-electron chi connectivity index (χ4n) is 1.59. The third-order valence-electron chi connectivity index (χ3n) is 2.33. The van der Waals surface area contributed by atoms with Crippen LogP contribution in [-0.2, 0) is 0 Å². The van der Waals surface area contributed by atoms with Gasteiger partial charge >= 0.3 is 5.69 Å². The number of hydrogen-bond acceptors (Lipinski definition) is 2. The van der Waals surface area contributed by atoms with Gasteiger partial charge in [0.05, 0.1) is 23.7 Å². The van der Waals surface area contributed by atoms with E-state index < -0.39 is 0 Å². The van der Waals surface area contributed by atoms with Crippen molar-refractivity contribution in [1.29, 1.82) is 0 Å². The van der Waals surface area contributed by atoms with Gasteiger partial charge in [-0.25, -0.2) is 4.79 Å². The summed E-state index contributed by atoms with van der Waals surface area (Å²) < 4.78 is 1.56. The summed E-state index contributed by atoms with van der Waals surface area (Å²) in [5, 5.41) is 9.02. The van der Waals surface area contributed by atoms with Crippen molar-refractivity contribution in [3.05, 3.63) is 34.7 Å². The standard InChI is InChI=1S/C10H12N2O2/c1-7(6-13)12-9-5-3-2-4-8(9)11-10(12)14/h2-5,7,13H,6H2,1H3,(H,11,14). The zero-order valence-electron chi connectivity index (χ0n) is 7.90. The van der Waals surface area contributed by atoms with Gasteiger partial charge in [0.15, 0.2) is 0 Å². The lowest BCUT2D eigenvalue weighted by atomic mass is 10.3. The number of aliphatic hydroxyl groups excluding tert-OH is 1. The third kappa shape index (κ3) is 1.24. The summed E-state index contributed by atoms with van der Waals surface area (Å²) in [6, 6.07) is 7.25. The Morgan fingerprint density at radius 1 is 1.50 bits per heavy atom. The highest BCUT2D eigenvalue weighted by Crippen LogP contribution is 2.13. The zero-order chi connectivity index (χ0) is 10.1. The number of aromatic nitrogens is 2. The molecule has 74 valence electrons. The smallest absolute Gasteiger partial charge is 0.326 e. The van der Waals surface area contributed by atoms with Gasteiger partial charge in [-0.3, -0.25) is 4.57 Å². The van der Waals surface area contributed by atoms with Crippen LogP contribution in [-0.4, -0.2) is 21.3 Å². The monoisotopic (exact) mass is 192 g/mol. The molecule has 0 saturated carbocycles. The minimum Gasteiger partial charge on any atom is -0.394 e. The van der Waals surface area contributed by atoms with E-state index in [1.54, 1.807) is 4.57 Å². The lowest BCUT2D eigenvalue weighted by Crippen LogP contribution is -2.22. The van der Waals surface area contributed by atoms with E-state index in [2.05, 4.69) is 4.98 Å². The van der Waals surface area contributed by atoms with Crippen molar-refractivity contribution < 1.29 is 5.11 Å². The molecule has 1 unspecified atom stereocenters. The number of fused-ring (bicyclic) bond motifs is 1. The van der Waals surface area contributed by atoms with Crippen LogP contribution >= 0.6 is 0 Å². The Kier molecular flexibility index (Phi) is 2.13. The second-order valence-corrected chi connectivity index (χ2v) is 3.35. The van der Waals surface area contributed by atoms with E-state index in [9.17, 15) is 4.79 Å². The summed E-state index contributed by atoms with van der Waals surface area (Å²) in [7, 11) is 0. The minimum atomic E-state index is -0.196. The number of imidazole rings is 1. The number of aliphatic hydroxyl groups is 1. The molecule has 4 heteroatoms. The molecule has 2 aromatic rings. The molecule has 14 heavy (non-hydrogen) atoms. The van der Waals surface area contributed by atoms with Crippen LogP contribution in [0.4, 0.5) is 0 Å². The summed E-state index contributed by atoms with van der Waals surface area (Å²) in [6.45, 7) is 1.77. The normalized spacial score (nSPS) is 13.3. The maximum atomic E-state index is 11.5. The molecule has 0 bridgehead atoms. The fraction of sp³-hybridized carbons (Fsp3) is 0.300. The van der Waals surface area contributed by atoms with Crippen LogP contribution in [0.5, 0.6) is 0 Å². The Morgan fingerprint density at radius 3 is 2.93 bits per heavy atom. The van der Waals surface area contributed by atoms with Gasteiger partial charge in [0, 0.05) is 0 Å². The molecule has 2 N–H and O–H groups in total. The molecule has 1 atom stereocenters. The van der Waals surface area contributed by atoms with Crippen molar-refractivity contribution in [2.24, 2.45) is 0 Å². The maximum absolute atomic E-state index is 11.5. The van der Waals surface area contributed by atoms with Crippen molar-refractivity contribution in [2.45, 2.75) is 13.0 Å². The maximum Gasteiger partial charge on any atom is 0.326 e. The number of para-hydroxylation sites is 2. The van der Waals surface area contributed by atoms with Crippen molar-refractivity contribution >= 4 is 11.0 Å². The van der Waals surface area contributed by atoms with Crippen LogP contribution in [0.1, 0.15) is 13.0 Å². The number of nitrogens with zero attached hydrogens (tertiary/aromatic N) is 1. The lowest BCUT2D eigenvalue weighted by molar-refractivity contribution is 0.239. The summed E-state index contributed by atoms with van der Waals surface area (Å²) in [6.07, 6.45) is 0. The summed E-state index contributed by atoms with van der Waals surface area (Å²) in [5.74, 6) is 0. The van der Waals surface area contributed by atoms with E-state index in [0.717, 1.165) is 11.0 Å². The molecule has 1 aromatic heterocycles. The highest BCUT2D eigenvalue weighted by atomic mass is 16.3. The zero-order valence-corrected chi connectivity index (χ0v) is 7.90. The Bertz CT molecular complexity index is 498. The number of benzene rings is 1. The van der Waals surface area contributed by atoms with Crippen LogP contribution in [0.2, 0.25) is 0 Å². The van der Waals surface area contributed by atoms with E-state index in [-0.39, 0.29) is 18.3 Å². The molecule has 0 aliphatic rings. The first kappa shape index (κ1) is 9.02. The predicted octanol–water partition coefficient (Wildman–Crippen LogP) is 0.883. The van der Waals surface area contributed by atoms with Crippen molar-refractivity contribution in [1.82, 2.24) is 9.55 Å². The fourth-order valence-corrected chi connectivity index (χ4v) is 1.59. The van der Waals surface area contributed by atoms with Gasteiger partial charge in [-0.1, -0.05) is 12.1 Å². The Balaban J connectivity index is 2.74. The van der Waals surface area contributed by atoms with Gasteiger partial charge in [0.1, 0.15) is 0 Å².